The van der Waals surface area contributed by atoms with Crippen LogP contribution in [0.2, 0.25) is 0 Å². The monoisotopic (exact) mass is 208 g/mol. The summed E-state index contributed by atoms with van der Waals surface area (Å²) in [7, 11) is 1.58. The van der Waals surface area contributed by atoms with E-state index in [9.17, 15) is 4.79 Å². The number of nitrogens with zero attached hydrogens (tertiary/aromatic N) is 1. The van der Waals surface area contributed by atoms with Gasteiger partial charge >= 0.3 is 0 Å². The third-order valence-corrected chi connectivity index (χ3v) is 2.48. The summed E-state index contributed by atoms with van der Waals surface area (Å²) in [6.45, 7) is 0. The number of halogens is 1. The second-order valence-corrected chi connectivity index (χ2v) is 3.29. The minimum atomic E-state index is -0.184. The Balaban J connectivity index is 2.68. The van der Waals surface area contributed by atoms with Gasteiger partial charge in [0.15, 0.2) is 0 Å². The highest BCUT2D eigenvalue weighted by Gasteiger charge is 2.12. The number of rotatable bonds is 1. The largest absolute Gasteiger partial charge is 0.354 e. The molecular formula is C10H9ClN2O. The van der Waals surface area contributed by atoms with E-state index in [1.165, 1.54) is 4.09 Å². The van der Waals surface area contributed by atoms with Crippen LogP contribution in [0.1, 0.15) is 10.5 Å². The third-order valence-electron chi connectivity index (χ3n) is 2.11. The Morgan fingerprint density at radius 1 is 1.43 bits per heavy atom. The fraction of sp³-hybridized carbons (Fsp3) is 0.100. The van der Waals surface area contributed by atoms with Crippen molar-refractivity contribution in [1.82, 2.24) is 9.40 Å². The van der Waals surface area contributed by atoms with E-state index in [-0.39, 0.29) is 5.91 Å². The number of benzene rings is 1. The van der Waals surface area contributed by atoms with Gasteiger partial charge in [-0.3, -0.25) is 4.79 Å². The number of carbonyl (C=O) groups excluding carboxylic acids is 1. The first kappa shape index (κ1) is 9.09. The van der Waals surface area contributed by atoms with Gasteiger partial charge in [0.05, 0.1) is 5.52 Å². The molecule has 0 saturated heterocycles. The lowest BCUT2D eigenvalue weighted by Crippen LogP contribution is -2.19. The van der Waals surface area contributed by atoms with Crippen molar-refractivity contribution in [3.63, 3.8) is 0 Å². The molecule has 1 heterocycles. The van der Waals surface area contributed by atoms with Gasteiger partial charge in [0, 0.05) is 24.2 Å². The number of aromatic nitrogens is 1. The predicted molar refractivity (Wildman–Crippen MR) is 56.6 cm³/mol. The van der Waals surface area contributed by atoms with Crippen molar-refractivity contribution in [2.24, 2.45) is 0 Å². The average molecular weight is 209 g/mol. The fourth-order valence-electron chi connectivity index (χ4n) is 1.40. The zero-order chi connectivity index (χ0) is 10.1. The predicted octanol–water partition coefficient (Wildman–Crippen LogP) is 2.00. The molecule has 0 atom stereocenters. The van der Waals surface area contributed by atoms with Gasteiger partial charge < -0.3 is 5.32 Å². The van der Waals surface area contributed by atoms with Crippen molar-refractivity contribution in [2.45, 2.75) is 0 Å². The molecule has 72 valence electrons. The molecule has 0 aliphatic rings. The molecule has 0 saturated carbocycles. The molecule has 2 aromatic rings. The number of para-hydroxylation sites is 1. The first-order valence-corrected chi connectivity index (χ1v) is 4.56. The minimum Gasteiger partial charge on any atom is -0.354 e. The maximum atomic E-state index is 11.4. The first-order valence-electron chi connectivity index (χ1n) is 4.23. The van der Waals surface area contributed by atoms with Crippen LogP contribution in [-0.2, 0) is 0 Å². The Bertz CT molecular complexity index is 490. The molecule has 3 nitrogen and oxygen atoms in total. The van der Waals surface area contributed by atoms with Crippen molar-refractivity contribution in [3.8, 4) is 0 Å². The Morgan fingerprint density at radius 3 is 2.79 bits per heavy atom. The van der Waals surface area contributed by atoms with E-state index >= 15 is 0 Å². The van der Waals surface area contributed by atoms with Crippen LogP contribution in [0.25, 0.3) is 10.9 Å². The third kappa shape index (κ3) is 1.26. The molecule has 0 spiro atoms. The van der Waals surface area contributed by atoms with Crippen LogP contribution in [0, 0.1) is 0 Å². The highest BCUT2D eigenvalue weighted by molar-refractivity contribution is 6.22. The molecule has 0 radical (unpaired) electrons. The summed E-state index contributed by atoms with van der Waals surface area (Å²) in [5, 5.41) is 3.50. The van der Waals surface area contributed by atoms with E-state index in [0.717, 1.165) is 10.9 Å². The zero-order valence-electron chi connectivity index (χ0n) is 7.62. The molecule has 0 bridgehead atoms. The van der Waals surface area contributed by atoms with Crippen molar-refractivity contribution in [1.29, 1.82) is 0 Å². The Hall–Kier alpha value is -1.48. The van der Waals surface area contributed by atoms with Crippen molar-refractivity contribution < 1.29 is 4.79 Å². The Labute approximate surface area is 86.4 Å². The summed E-state index contributed by atoms with van der Waals surface area (Å²) in [6, 6.07) is 9.35. The molecule has 0 aliphatic carbocycles. The molecule has 1 aromatic carbocycles. The smallest absolute Gasteiger partial charge is 0.269 e. The second-order valence-electron chi connectivity index (χ2n) is 2.95. The molecule has 1 N–H and O–H groups in total. The molecule has 0 unspecified atom stereocenters. The molecule has 1 amide bonds. The molecule has 4 heteroatoms. The number of fused-ring (bicyclic) bond motifs is 1. The zero-order valence-corrected chi connectivity index (χ0v) is 8.38. The van der Waals surface area contributed by atoms with Gasteiger partial charge in [-0.2, -0.15) is 0 Å². The van der Waals surface area contributed by atoms with Crippen LogP contribution in [0.3, 0.4) is 0 Å². The lowest BCUT2D eigenvalue weighted by atomic mass is 10.2. The highest BCUT2D eigenvalue weighted by atomic mass is 35.5. The van der Waals surface area contributed by atoms with E-state index < -0.39 is 0 Å². The number of carbonyl (C=O) groups is 1. The standard InChI is InChI=1S/C10H9ClN2O/c1-12-10(14)9-6-7-4-2-3-5-8(7)13(9)11/h2-6H,1H3,(H,12,14). The topological polar surface area (TPSA) is 34.0 Å². The number of hydrogen-bond donors (Lipinski definition) is 1. The van der Waals surface area contributed by atoms with E-state index in [2.05, 4.69) is 5.32 Å². The molecule has 14 heavy (non-hydrogen) atoms. The summed E-state index contributed by atoms with van der Waals surface area (Å²) in [5.41, 5.74) is 1.29. The number of amides is 1. The van der Waals surface area contributed by atoms with Gasteiger partial charge in [0.2, 0.25) is 0 Å². The minimum absolute atomic E-state index is 0.184. The summed E-state index contributed by atoms with van der Waals surface area (Å²) in [5.74, 6) is -0.184. The van der Waals surface area contributed by atoms with Gasteiger partial charge in [-0.05, 0) is 12.1 Å². The van der Waals surface area contributed by atoms with Gasteiger partial charge in [-0.25, -0.2) is 4.09 Å². The molecule has 0 aliphatic heterocycles. The Morgan fingerprint density at radius 2 is 2.14 bits per heavy atom. The van der Waals surface area contributed by atoms with Crippen molar-refractivity contribution in [2.75, 3.05) is 7.05 Å². The summed E-state index contributed by atoms with van der Waals surface area (Å²) >= 11 is 5.99. The van der Waals surface area contributed by atoms with Crippen LogP contribution in [0.4, 0.5) is 0 Å². The van der Waals surface area contributed by atoms with Gasteiger partial charge in [-0.1, -0.05) is 18.2 Å². The normalized spacial score (nSPS) is 10.4. The molecule has 1 aromatic heterocycles. The van der Waals surface area contributed by atoms with Crippen LogP contribution < -0.4 is 5.32 Å². The maximum absolute atomic E-state index is 11.4. The summed E-state index contributed by atoms with van der Waals surface area (Å²) < 4.78 is 1.37. The lowest BCUT2D eigenvalue weighted by Gasteiger charge is -1.98. The van der Waals surface area contributed by atoms with Gasteiger partial charge in [-0.15, -0.1) is 0 Å². The highest BCUT2D eigenvalue weighted by Crippen LogP contribution is 2.20. The van der Waals surface area contributed by atoms with Crippen LogP contribution in [0.5, 0.6) is 0 Å². The molecular weight excluding hydrogens is 200 g/mol. The summed E-state index contributed by atoms with van der Waals surface area (Å²) in [4.78, 5) is 11.4. The van der Waals surface area contributed by atoms with E-state index in [1.807, 2.05) is 24.3 Å². The van der Waals surface area contributed by atoms with Crippen LogP contribution >= 0.6 is 11.8 Å². The van der Waals surface area contributed by atoms with E-state index in [0.29, 0.717) is 5.69 Å². The van der Waals surface area contributed by atoms with Gasteiger partial charge in [0.1, 0.15) is 5.69 Å². The van der Waals surface area contributed by atoms with Gasteiger partial charge in [0.25, 0.3) is 5.91 Å². The summed E-state index contributed by atoms with van der Waals surface area (Å²) in [6.07, 6.45) is 0. The van der Waals surface area contributed by atoms with Crippen molar-refractivity contribution in [3.05, 3.63) is 36.0 Å². The van der Waals surface area contributed by atoms with Crippen LogP contribution in [-0.4, -0.2) is 17.0 Å². The second kappa shape index (κ2) is 3.35. The molecule has 0 fully saturated rings. The van der Waals surface area contributed by atoms with Crippen LogP contribution in [0.15, 0.2) is 30.3 Å². The average Bonchev–Trinajstić information content (AvgIpc) is 2.56. The Kier molecular flexibility index (Phi) is 2.17. The van der Waals surface area contributed by atoms with Crippen molar-refractivity contribution >= 4 is 28.6 Å². The van der Waals surface area contributed by atoms with E-state index in [1.54, 1.807) is 13.1 Å². The number of nitrogens with one attached hydrogen (secondary N) is 1. The molecule has 2 rings (SSSR count). The lowest BCUT2D eigenvalue weighted by molar-refractivity contribution is 0.0958. The fourth-order valence-corrected chi connectivity index (χ4v) is 1.68. The quantitative estimate of drug-likeness (QED) is 0.764. The first-order chi connectivity index (χ1) is 6.74. The number of hydrogen-bond acceptors (Lipinski definition) is 1. The maximum Gasteiger partial charge on any atom is 0.269 e. The SMILES string of the molecule is CNC(=O)c1cc2ccccc2n1Cl. The van der Waals surface area contributed by atoms with E-state index in [4.69, 9.17) is 11.8 Å².